The van der Waals surface area contributed by atoms with Crippen LogP contribution in [0, 0.1) is 0 Å². The van der Waals surface area contributed by atoms with Crippen molar-refractivity contribution in [3.05, 3.63) is 0 Å². The first kappa shape index (κ1) is 8.43. The summed E-state index contributed by atoms with van der Waals surface area (Å²) in [5.74, 6) is -0.234. The third-order valence-electron chi connectivity index (χ3n) is 1.14. The zero-order valence-corrected chi connectivity index (χ0v) is 6.47. The molecule has 0 saturated carbocycles. The fourth-order valence-electron chi connectivity index (χ4n) is 0.413. The normalized spacial score (nSPS) is 11.1. The van der Waals surface area contributed by atoms with E-state index >= 15 is 0 Å². The average molecular weight is 132 g/mol. The predicted molar refractivity (Wildman–Crippen MR) is 34.4 cm³/mol. The molecule has 0 unspecified atom stereocenters. The van der Waals surface area contributed by atoms with Gasteiger partial charge >= 0.3 is 5.97 Å². The van der Waals surface area contributed by atoms with Crippen LogP contribution in [-0.2, 0) is 9.63 Å². The van der Waals surface area contributed by atoms with Crippen LogP contribution in [0.25, 0.3) is 0 Å². The van der Waals surface area contributed by atoms with E-state index in [9.17, 15) is 4.79 Å². The number of nitrogens with zero attached hydrogens (tertiary/aromatic N) is 1. The lowest BCUT2D eigenvalue weighted by molar-refractivity contribution is -1.06. The maximum Gasteiger partial charge on any atom is 0.363 e. The summed E-state index contributed by atoms with van der Waals surface area (Å²) < 4.78 is 0.301. The third-order valence-corrected chi connectivity index (χ3v) is 1.14. The molecule has 0 heterocycles. The van der Waals surface area contributed by atoms with Gasteiger partial charge in [-0.3, -0.25) is 4.84 Å². The monoisotopic (exact) mass is 132 g/mol. The van der Waals surface area contributed by atoms with Gasteiger partial charge in [-0.2, -0.15) is 0 Å². The second-order valence-electron chi connectivity index (χ2n) is 2.47. The van der Waals surface area contributed by atoms with Crippen LogP contribution in [0.15, 0.2) is 0 Å². The topological polar surface area (TPSA) is 26.3 Å². The van der Waals surface area contributed by atoms with Gasteiger partial charge in [0.2, 0.25) is 0 Å². The van der Waals surface area contributed by atoms with Crippen molar-refractivity contribution in [3.63, 3.8) is 0 Å². The first-order chi connectivity index (χ1) is 3.98. The van der Waals surface area contributed by atoms with Gasteiger partial charge in [0.25, 0.3) is 0 Å². The molecule has 54 valence electrons. The van der Waals surface area contributed by atoms with E-state index in [2.05, 4.69) is 0 Å². The highest BCUT2D eigenvalue weighted by molar-refractivity contribution is 5.65. The van der Waals surface area contributed by atoms with Gasteiger partial charge in [0, 0.05) is 6.92 Å². The lowest BCUT2D eigenvalue weighted by Crippen LogP contribution is -2.40. The second-order valence-corrected chi connectivity index (χ2v) is 2.47. The van der Waals surface area contributed by atoms with E-state index in [1.807, 2.05) is 21.0 Å². The number of hydroxylamine groups is 3. The van der Waals surface area contributed by atoms with Crippen molar-refractivity contribution in [3.8, 4) is 0 Å². The van der Waals surface area contributed by atoms with Crippen LogP contribution in [0.5, 0.6) is 0 Å². The fourth-order valence-corrected chi connectivity index (χ4v) is 0.413. The first-order valence-electron chi connectivity index (χ1n) is 3.01. The van der Waals surface area contributed by atoms with Crippen molar-refractivity contribution in [1.29, 1.82) is 0 Å². The van der Waals surface area contributed by atoms with Crippen molar-refractivity contribution < 1.29 is 14.3 Å². The molecule has 0 aliphatic heterocycles. The summed E-state index contributed by atoms with van der Waals surface area (Å²) in [6.45, 7) is 4.16. The van der Waals surface area contributed by atoms with Crippen molar-refractivity contribution in [2.45, 2.75) is 13.8 Å². The quantitative estimate of drug-likeness (QED) is 0.405. The summed E-state index contributed by atoms with van der Waals surface area (Å²) in [6, 6.07) is 0. The summed E-state index contributed by atoms with van der Waals surface area (Å²) in [5, 5.41) is 0. The average Bonchev–Trinajstić information content (AvgIpc) is 1.63. The Kier molecular flexibility index (Phi) is 2.65. The highest BCUT2D eigenvalue weighted by Crippen LogP contribution is 1.96. The van der Waals surface area contributed by atoms with E-state index in [-0.39, 0.29) is 5.97 Å². The van der Waals surface area contributed by atoms with Crippen LogP contribution in [0.3, 0.4) is 0 Å². The molecule has 0 aromatic rings. The Morgan fingerprint density at radius 3 is 2.11 bits per heavy atom. The molecule has 0 saturated heterocycles. The molecule has 0 amide bonds. The Morgan fingerprint density at radius 1 is 1.56 bits per heavy atom. The molecule has 0 spiro atoms. The van der Waals surface area contributed by atoms with Gasteiger partial charge in [-0.25, -0.2) is 4.79 Å². The summed E-state index contributed by atoms with van der Waals surface area (Å²) in [4.78, 5) is 15.3. The van der Waals surface area contributed by atoms with Crippen LogP contribution < -0.4 is 0 Å². The van der Waals surface area contributed by atoms with Gasteiger partial charge in [-0.05, 0) is 6.92 Å². The molecular weight excluding hydrogens is 118 g/mol. The van der Waals surface area contributed by atoms with E-state index in [1.165, 1.54) is 6.92 Å². The van der Waals surface area contributed by atoms with Crippen LogP contribution in [-0.4, -0.2) is 31.3 Å². The molecule has 0 aliphatic rings. The highest BCUT2D eigenvalue weighted by Gasteiger charge is 2.15. The number of carbonyl (C=O) groups is 1. The molecule has 0 aliphatic carbocycles. The Labute approximate surface area is 55.8 Å². The largest absolute Gasteiger partial charge is 0.363 e. The van der Waals surface area contributed by atoms with Gasteiger partial charge < -0.3 is 0 Å². The lowest BCUT2D eigenvalue weighted by Gasteiger charge is -2.23. The van der Waals surface area contributed by atoms with Crippen molar-refractivity contribution in [2.75, 3.05) is 20.6 Å². The summed E-state index contributed by atoms with van der Waals surface area (Å²) >= 11 is 0. The van der Waals surface area contributed by atoms with Crippen LogP contribution in [0.4, 0.5) is 0 Å². The third kappa shape index (κ3) is 3.97. The fraction of sp³-hybridized carbons (Fsp3) is 0.833. The summed E-state index contributed by atoms with van der Waals surface area (Å²) in [7, 11) is 3.67. The standard InChI is InChI=1S/C6H14NO2/c1-5-7(3,4)9-6(2)8/h5H2,1-4H3/q+1. The molecule has 3 heteroatoms. The molecule has 0 bridgehead atoms. The molecule has 9 heavy (non-hydrogen) atoms. The van der Waals surface area contributed by atoms with Gasteiger partial charge in [-0.15, -0.1) is 4.65 Å². The van der Waals surface area contributed by atoms with E-state index < -0.39 is 0 Å². The summed E-state index contributed by atoms with van der Waals surface area (Å²) in [6.07, 6.45) is 0. The Hall–Kier alpha value is -0.570. The van der Waals surface area contributed by atoms with Crippen molar-refractivity contribution >= 4 is 5.97 Å². The summed E-state index contributed by atoms with van der Waals surface area (Å²) in [5.41, 5.74) is 0. The molecule has 0 rings (SSSR count). The molecule has 0 aromatic carbocycles. The second kappa shape index (κ2) is 2.82. The number of rotatable bonds is 2. The van der Waals surface area contributed by atoms with Gasteiger partial charge in [0.15, 0.2) is 0 Å². The number of quaternary nitrogens is 1. The number of hydrogen-bond acceptors (Lipinski definition) is 2. The minimum atomic E-state index is -0.234. The SMILES string of the molecule is CC[N+](C)(C)OC(C)=O. The van der Waals surface area contributed by atoms with Crippen molar-refractivity contribution in [2.24, 2.45) is 0 Å². The molecule has 0 fully saturated rings. The molecular formula is C6H14NO2+. The van der Waals surface area contributed by atoms with Crippen LogP contribution in [0.2, 0.25) is 0 Å². The zero-order chi connectivity index (χ0) is 7.49. The Morgan fingerprint density at radius 2 is 2.00 bits per heavy atom. The molecule has 0 aromatic heterocycles. The minimum Gasteiger partial charge on any atom is -0.277 e. The van der Waals surface area contributed by atoms with Crippen LogP contribution >= 0.6 is 0 Å². The molecule has 0 N–H and O–H groups in total. The molecule has 3 nitrogen and oxygen atoms in total. The maximum absolute atomic E-state index is 10.4. The minimum absolute atomic E-state index is 0.234. The maximum atomic E-state index is 10.4. The Bertz CT molecular complexity index is 110. The predicted octanol–water partition coefficient (Wildman–Crippen LogP) is 0.561. The van der Waals surface area contributed by atoms with Crippen molar-refractivity contribution in [1.82, 2.24) is 0 Å². The van der Waals surface area contributed by atoms with E-state index in [0.717, 1.165) is 6.54 Å². The van der Waals surface area contributed by atoms with Gasteiger partial charge in [-0.1, -0.05) is 0 Å². The number of carbonyl (C=O) groups excluding carboxylic acids is 1. The molecule has 0 radical (unpaired) electrons. The lowest BCUT2D eigenvalue weighted by atomic mass is 10.7. The Balaban J connectivity index is 3.71. The van der Waals surface area contributed by atoms with Crippen LogP contribution in [0.1, 0.15) is 13.8 Å². The van der Waals surface area contributed by atoms with Gasteiger partial charge in [0.1, 0.15) is 20.6 Å². The van der Waals surface area contributed by atoms with E-state index in [1.54, 1.807) is 0 Å². The van der Waals surface area contributed by atoms with E-state index in [0.29, 0.717) is 4.65 Å². The first-order valence-corrected chi connectivity index (χ1v) is 3.01. The highest BCUT2D eigenvalue weighted by atomic mass is 16.7. The number of hydrogen-bond donors (Lipinski definition) is 0. The smallest absolute Gasteiger partial charge is 0.277 e. The van der Waals surface area contributed by atoms with Gasteiger partial charge in [0.05, 0.1) is 0 Å². The zero-order valence-electron chi connectivity index (χ0n) is 6.47. The molecule has 0 atom stereocenters. The van der Waals surface area contributed by atoms with E-state index in [4.69, 9.17) is 4.84 Å².